The minimum atomic E-state index is 0.341. The predicted molar refractivity (Wildman–Crippen MR) is 99.7 cm³/mol. The highest BCUT2D eigenvalue weighted by Crippen LogP contribution is 2.38. The molecule has 1 heterocycles. The van der Waals surface area contributed by atoms with Crippen LogP contribution in [0.25, 0.3) is 0 Å². The van der Waals surface area contributed by atoms with E-state index in [0.717, 1.165) is 61.2 Å². The molecule has 0 spiro atoms. The number of para-hydroxylation sites is 1. The molecule has 1 radical (unpaired) electrons. The Bertz CT molecular complexity index is 674. The lowest BCUT2D eigenvalue weighted by atomic mass is 10.00. The number of hydrogen-bond donors (Lipinski definition) is 2. The Labute approximate surface area is 144 Å². The number of aromatic hydroxyl groups is 1. The van der Waals surface area contributed by atoms with Gasteiger partial charge in [-0.25, -0.2) is 0 Å². The maximum atomic E-state index is 10.8. The van der Waals surface area contributed by atoms with Crippen molar-refractivity contribution in [2.24, 2.45) is 0 Å². The first kappa shape index (κ1) is 16.5. The number of anilines is 2. The molecule has 0 bridgehead atoms. The topological polar surface area (TPSA) is 49.6 Å². The van der Waals surface area contributed by atoms with Crippen LogP contribution in [0.4, 0.5) is 17.1 Å². The van der Waals surface area contributed by atoms with Gasteiger partial charge in [0.15, 0.2) is 0 Å². The summed E-state index contributed by atoms with van der Waals surface area (Å²) >= 11 is 0. The third kappa shape index (κ3) is 3.42. The number of aryl methyl sites for hydroxylation is 2. The lowest BCUT2D eigenvalue weighted by Crippen LogP contribution is -2.29. The molecular weight excluding hydrogens is 298 g/mol. The van der Waals surface area contributed by atoms with Gasteiger partial charge in [-0.05, 0) is 55.0 Å². The van der Waals surface area contributed by atoms with Crippen LogP contribution < -0.4 is 16.0 Å². The lowest BCUT2D eigenvalue weighted by Gasteiger charge is -2.21. The maximum absolute atomic E-state index is 10.8. The van der Waals surface area contributed by atoms with E-state index in [1.54, 1.807) is 5.12 Å². The molecule has 3 rings (SSSR count). The molecular formula is C20H26N3O. The molecule has 1 aliphatic heterocycles. The van der Waals surface area contributed by atoms with E-state index in [1.807, 2.05) is 24.3 Å². The molecule has 2 aromatic rings. The molecule has 0 saturated heterocycles. The van der Waals surface area contributed by atoms with E-state index in [0.29, 0.717) is 5.75 Å². The van der Waals surface area contributed by atoms with Crippen LogP contribution in [0.3, 0.4) is 0 Å². The number of phenolic OH excluding ortho intramolecular Hbond substituents is 1. The molecule has 0 atom stereocenters. The zero-order valence-electron chi connectivity index (χ0n) is 14.5. The minimum Gasteiger partial charge on any atom is -0.505 e. The van der Waals surface area contributed by atoms with Crippen LogP contribution in [-0.2, 0) is 12.8 Å². The summed E-state index contributed by atoms with van der Waals surface area (Å²) in [6.45, 7) is 4.38. The molecule has 24 heavy (non-hydrogen) atoms. The minimum absolute atomic E-state index is 0.341. The molecule has 127 valence electrons. The Morgan fingerprint density at radius 2 is 1.79 bits per heavy atom. The lowest BCUT2D eigenvalue weighted by molar-refractivity contribution is 0.465. The maximum Gasteiger partial charge on any atom is 0.146 e. The summed E-state index contributed by atoms with van der Waals surface area (Å²) in [7, 11) is 0. The van der Waals surface area contributed by atoms with Gasteiger partial charge in [0, 0.05) is 0 Å². The quantitative estimate of drug-likeness (QED) is 0.747. The summed E-state index contributed by atoms with van der Waals surface area (Å²) in [5, 5.41) is 12.5. The van der Waals surface area contributed by atoms with Crippen LogP contribution in [0, 0.1) is 0 Å². The first-order valence-electron chi connectivity index (χ1n) is 8.95. The smallest absolute Gasteiger partial charge is 0.146 e. The van der Waals surface area contributed by atoms with Crippen LogP contribution in [0.15, 0.2) is 36.4 Å². The normalized spacial score (nSPS) is 12.7. The van der Waals surface area contributed by atoms with Crippen molar-refractivity contribution < 1.29 is 5.11 Å². The van der Waals surface area contributed by atoms with E-state index in [9.17, 15) is 5.11 Å². The van der Waals surface area contributed by atoms with Gasteiger partial charge in [-0.3, -0.25) is 5.43 Å². The second-order valence-corrected chi connectivity index (χ2v) is 6.37. The fourth-order valence-electron chi connectivity index (χ4n) is 3.00. The van der Waals surface area contributed by atoms with Crippen molar-refractivity contribution in [2.75, 3.05) is 10.5 Å². The molecule has 4 heteroatoms. The van der Waals surface area contributed by atoms with Gasteiger partial charge in [0.05, 0.1) is 5.69 Å². The van der Waals surface area contributed by atoms with Gasteiger partial charge >= 0.3 is 0 Å². The van der Waals surface area contributed by atoms with E-state index in [2.05, 4.69) is 36.8 Å². The Morgan fingerprint density at radius 1 is 1.04 bits per heavy atom. The van der Waals surface area contributed by atoms with Gasteiger partial charge in [0.1, 0.15) is 17.1 Å². The van der Waals surface area contributed by atoms with E-state index < -0.39 is 0 Å². The molecule has 0 aliphatic carbocycles. The number of benzene rings is 2. The van der Waals surface area contributed by atoms with E-state index in [4.69, 9.17) is 0 Å². The summed E-state index contributed by atoms with van der Waals surface area (Å²) in [5.41, 5.74) is 12.7. The van der Waals surface area contributed by atoms with Crippen molar-refractivity contribution in [3.63, 3.8) is 0 Å². The van der Waals surface area contributed by atoms with Crippen LogP contribution >= 0.6 is 0 Å². The number of phenols is 1. The largest absolute Gasteiger partial charge is 0.505 e. The van der Waals surface area contributed by atoms with Crippen molar-refractivity contribution in [3.8, 4) is 5.75 Å². The second kappa shape index (κ2) is 7.47. The summed E-state index contributed by atoms with van der Waals surface area (Å²) < 4.78 is 0. The molecule has 0 unspecified atom stereocenters. The summed E-state index contributed by atoms with van der Waals surface area (Å²) in [6, 6.07) is 12.1. The summed E-state index contributed by atoms with van der Waals surface area (Å²) in [4.78, 5) is 0. The number of hydrogen-bond acceptors (Lipinski definition) is 3. The van der Waals surface area contributed by atoms with Gasteiger partial charge in [0.25, 0.3) is 0 Å². The molecule has 0 aromatic heterocycles. The van der Waals surface area contributed by atoms with Crippen molar-refractivity contribution in [1.82, 2.24) is 5.43 Å². The zero-order chi connectivity index (χ0) is 16.9. The second-order valence-electron chi connectivity index (χ2n) is 6.37. The SMILES string of the molecule is CCCCc1cc(CCCC)c(O)c(N2[N]c3ccccc3N2)c1. The van der Waals surface area contributed by atoms with Crippen LogP contribution in [0.1, 0.15) is 50.7 Å². The van der Waals surface area contributed by atoms with Crippen LogP contribution in [0.5, 0.6) is 5.75 Å². The van der Waals surface area contributed by atoms with Gasteiger partial charge < -0.3 is 5.11 Å². The highest BCUT2D eigenvalue weighted by molar-refractivity contribution is 5.76. The van der Waals surface area contributed by atoms with Gasteiger partial charge in [0.2, 0.25) is 0 Å². The zero-order valence-corrected chi connectivity index (χ0v) is 14.5. The molecule has 2 N–H and O–H groups in total. The van der Waals surface area contributed by atoms with E-state index in [-0.39, 0.29) is 0 Å². The highest BCUT2D eigenvalue weighted by Gasteiger charge is 2.24. The van der Waals surface area contributed by atoms with E-state index >= 15 is 0 Å². The number of fused-ring (bicyclic) bond motifs is 1. The third-order valence-corrected chi connectivity index (χ3v) is 4.41. The Morgan fingerprint density at radius 3 is 2.54 bits per heavy atom. The molecule has 4 nitrogen and oxygen atoms in total. The molecule has 0 saturated carbocycles. The first-order valence-corrected chi connectivity index (χ1v) is 8.95. The fraction of sp³-hybridized carbons (Fsp3) is 0.400. The fourth-order valence-corrected chi connectivity index (χ4v) is 3.00. The monoisotopic (exact) mass is 324 g/mol. The number of rotatable bonds is 7. The van der Waals surface area contributed by atoms with Crippen LogP contribution in [-0.4, -0.2) is 5.11 Å². The number of hydrazine groups is 1. The van der Waals surface area contributed by atoms with Gasteiger partial charge in [-0.15, -0.1) is 0 Å². The number of nitrogens with zero attached hydrogens (tertiary/aromatic N) is 2. The number of nitrogens with one attached hydrogen (secondary N) is 1. The van der Waals surface area contributed by atoms with E-state index in [1.165, 1.54) is 5.56 Å². The number of unbranched alkanes of at least 4 members (excludes halogenated alkanes) is 2. The standard InChI is InChI=1S/C20H26N3O/c1-3-5-9-15-13-16(10-6-4-2)20(24)19(14-15)23-21-17-11-7-8-12-18(17)22-23/h7-8,11-14,21,24H,3-6,9-10H2,1-2H3. The molecule has 0 fully saturated rings. The third-order valence-electron chi connectivity index (χ3n) is 4.41. The Hall–Kier alpha value is -2.36. The highest BCUT2D eigenvalue weighted by atomic mass is 16.3. The first-order chi connectivity index (χ1) is 11.7. The van der Waals surface area contributed by atoms with Crippen LogP contribution in [0.2, 0.25) is 0 Å². The van der Waals surface area contributed by atoms with Gasteiger partial charge in [-0.2, -0.15) is 10.5 Å². The molecule has 0 amide bonds. The summed E-state index contributed by atoms with van der Waals surface area (Å²) in [5.74, 6) is 0.341. The molecule has 2 aromatic carbocycles. The summed E-state index contributed by atoms with van der Waals surface area (Å²) in [6.07, 6.45) is 6.45. The molecule has 1 aliphatic rings. The van der Waals surface area contributed by atoms with Gasteiger partial charge in [-0.1, -0.05) is 44.9 Å². The average molecular weight is 324 g/mol. The Kier molecular flexibility index (Phi) is 5.14. The van der Waals surface area contributed by atoms with Crippen molar-refractivity contribution in [1.29, 1.82) is 0 Å². The average Bonchev–Trinajstić information content (AvgIpc) is 3.03. The predicted octanol–water partition coefficient (Wildman–Crippen LogP) is 5.08. The Balaban J connectivity index is 1.91. The van der Waals surface area contributed by atoms with Crippen molar-refractivity contribution >= 4 is 17.1 Å². The van der Waals surface area contributed by atoms with Crippen molar-refractivity contribution in [3.05, 3.63) is 47.5 Å². The van der Waals surface area contributed by atoms with Crippen molar-refractivity contribution in [2.45, 2.75) is 52.4 Å².